The molecule has 0 spiro atoms. The van der Waals surface area contributed by atoms with Crippen LogP contribution in [0.1, 0.15) is 25.2 Å². The lowest BCUT2D eigenvalue weighted by Gasteiger charge is -2.04. The maximum atomic E-state index is 8.92. The zero-order chi connectivity index (χ0) is 13.1. The van der Waals surface area contributed by atoms with Gasteiger partial charge in [0.25, 0.3) is 0 Å². The van der Waals surface area contributed by atoms with Gasteiger partial charge in [0.1, 0.15) is 17.3 Å². The van der Waals surface area contributed by atoms with E-state index in [-0.39, 0.29) is 0 Å². The van der Waals surface area contributed by atoms with Gasteiger partial charge in [0.05, 0.1) is 11.6 Å². The fourth-order valence-corrected chi connectivity index (χ4v) is 2.08. The minimum Gasteiger partial charge on any atom is -0.383 e. The summed E-state index contributed by atoms with van der Waals surface area (Å²) >= 11 is 0. The predicted molar refractivity (Wildman–Crippen MR) is 71.8 cm³/mol. The van der Waals surface area contributed by atoms with E-state index in [9.17, 15) is 0 Å². The molecule has 1 heterocycles. The van der Waals surface area contributed by atoms with Crippen LogP contribution in [0.25, 0.3) is 11.3 Å². The smallest absolute Gasteiger partial charge is 0.131 e. The van der Waals surface area contributed by atoms with Gasteiger partial charge in [-0.25, -0.2) is 4.98 Å². The molecule has 2 aromatic rings. The van der Waals surface area contributed by atoms with Crippen LogP contribution in [0.3, 0.4) is 0 Å². The largest absolute Gasteiger partial charge is 0.383 e. The zero-order valence-corrected chi connectivity index (χ0v) is 10.6. The normalized spacial score (nSPS) is 10.3. The number of benzene rings is 1. The van der Waals surface area contributed by atoms with Crippen LogP contribution in [0.4, 0.5) is 5.82 Å². The van der Waals surface area contributed by atoms with Crippen LogP contribution in [0.2, 0.25) is 0 Å². The highest BCUT2D eigenvalue weighted by Gasteiger charge is 2.14. The molecule has 2 N–H and O–H groups in total. The van der Waals surface area contributed by atoms with E-state index in [0.29, 0.717) is 11.4 Å². The van der Waals surface area contributed by atoms with E-state index >= 15 is 0 Å². The summed E-state index contributed by atoms with van der Waals surface area (Å²) in [5.74, 6) is 1.65. The summed E-state index contributed by atoms with van der Waals surface area (Å²) in [5, 5.41) is 8.92. The fraction of sp³-hybridized carbons (Fsp3) is 0.286. The van der Waals surface area contributed by atoms with Crippen molar-refractivity contribution >= 4 is 5.82 Å². The maximum Gasteiger partial charge on any atom is 0.131 e. The molecule has 1 aromatic heterocycles. The first-order chi connectivity index (χ1) is 8.71. The molecule has 0 aliphatic carbocycles. The van der Waals surface area contributed by atoms with E-state index < -0.39 is 0 Å². The highest BCUT2D eigenvalue weighted by Crippen LogP contribution is 2.27. The average Bonchev–Trinajstić information content (AvgIpc) is 2.75. The predicted octanol–water partition coefficient (Wildman–Crippen LogP) is 2.59. The fourth-order valence-electron chi connectivity index (χ4n) is 2.08. The molecule has 0 bridgehead atoms. The van der Waals surface area contributed by atoms with Gasteiger partial charge in [-0.15, -0.1) is 0 Å². The summed E-state index contributed by atoms with van der Waals surface area (Å²) in [6.07, 6.45) is 0.843. The van der Waals surface area contributed by atoms with Gasteiger partial charge in [-0.05, 0) is 19.1 Å². The lowest BCUT2D eigenvalue weighted by atomic mass is 10.1. The number of nitrogens with two attached hydrogens (primary N) is 1. The number of aryl methyl sites for hydroxylation is 1. The molecule has 4 nitrogen and oxygen atoms in total. The van der Waals surface area contributed by atoms with Crippen LogP contribution >= 0.6 is 0 Å². The number of hydrogen-bond donors (Lipinski definition) is 1. The van der Waals surface area contributed by atoms with Gasteiger partial charge >= 0.3 is 0 Å². The van der Waals surface area contributed by atoms with E-state index in [1.807, 2.05) is 29.7 Å². The van der Waals surface area contributed by atoms with Gasteiger partial charge in [0, 0.05) is 18.5 Å². The first-order valence-corrected chi connectivity index (χ1v) is 6.06. The van der Waals surface area contributed by atoms with Crippen molar-refractivity contribution in [1.82, 2.24) is 9.55 Å². The monoisotopic (exact) mass is 240 g/mol. The molecule has 0 fully saturated rings. The average molecular weight is 240 g/mol. The van der Waals surface area contributed by atoms with Crippen LogP contribution in [-0.2, 0) is 13.0 Å². The van der Waals surface area contributed by atoms with Gasteiger partial charge in [0.15, 0.2) is 0 Å². The van der Waals surface area contributed by atoms with Crippen LogP contribution in [0, 0.1) is 11.3 Å². The molecule has 0 aliphatic rings. The third kappa shape index (κ3) is 1.95. The number of nitrogens with zero attached hydrogens (tertiary/aromatic N) is 3. The molecule has 0 radical (unpaired) electrons. The van der Waals surface area contributed by atoms with Crippen LogP contribution in [-0.4, -0.2) is 9.55 Å². The number of hydrogen-bond acceptors (Lipinski definition) is 3. The second-order valence-corrected chi connectivity index (χ2v) is 4.05. The molecule has 4 heteroatoms. The first kappa shape index (κ1) is 12.2. The second-order valence-electron chi connectivity index (χ2n) is 4.05. The molecule has 0 aliphatic heterocycles. The Labute approximate surface area is 107 Å². The number of aromatic nitrogens is 2. The Morgan fingerprint density at radius 1 is 1.39 bits per heavy atom. The van der Waals surface area contributed by atoms with Gasteiger partial charge in [0.2, 0.25) is 0 Å². The molecule has 18 heavy (non-hydrogen) atoms. The third-order valence-corrected chi connectivity index (χ3v) is 2.98. The summed E-state index contributed by atoms with van der Waals surface area (Å²) < 4.78 is 2.01. The maximum absolute atomic E-state index is 8.92. The summed E-state index contributed by atoms with van der Waals surface area (Å²) in [5.41, 5.74) is 8.42. The molecule has 0 saturated carbocycles. The minimum absolute atomic E-state index is 0.621. The van der Waals surface area contributed by atoms with Crippen LogP contribution in [0.5, 0.6) is 0 Å². The number of anilines is 1. The molecule has 92 valence electrons. The lowest BCUT2D eigenvalue weighted by molar-refractivity contribution is 0.713. The number of nitriles is 1. The van der Waals surface area contributed by atoms with Crippen molar-refractivity contribution in [2.45, 2.75) is 26.8 Å². The van der Waals surface area contributed by atoms with Crippen molar-refractivity contribution in [1.29, 1.82) is 5.26 Å². The Balaban J connectivity index is 2.57. The van der Waals surface area contributed by atoms with Gasteiger partial charge in [-0.1, -0.05) is 19.1 Å². The standard InChI is InChI=1S/C14H16N4/c1-3-12-17-13(14(16)18(12)4-2)11-7-5-6-10(8-11)9-15/h5-8H,3-4,16H2,1-2H3. The van der Waals surface area contributed by atoms with Gasteiger partial charge in [-0.2, -0.15) is 5.26 Å². The topological polar surface area (TPSA) is 67.6 Å². The first-order valence-electron chi connectivity index (χ1n) is 6.06. The molecule has 0 unspecified atom stereocenters. The van der Waals surface area contributed by atoms with Crippen molar-refractivity contribution in [3.8, 4) is 17.3 Å². The zero-order valence-electron chi connectivity index (χ0n) is 10.6. The summed E-state index contributed by atoms with van der Waals surface area (Å²) in [6, 6.07) is 9.50. The molecule has 0 amide bonds. The van der Waals surface area contributed by atoms with Crippen LogP contribution in [0.15, 0.2) is 24.3 Å². The van der Waals surface area contributed by atoms with E-state index in [1.165, 1.54) is 0 Å². The van der Waals surface area contributed by atoms with Crippen molar-refractivity contribution in [3.63, 3.8) is 0 Å². The van der Waals surface area contributed by atoms with Crippen LogP contribution < -0.4 is 5.73 Å². The molecular formula is C14H16N4. The molecule has 0 atom stereocenters. The Morgan fingerprint density at radius 2 is 2.17 bits per heavy atom. The number of imidazole rings is 1. The van der Waals surface area contributed by atoms with Crippen molar-refractivity contribution < 1.29 is 0 Å². The Morgan fingerprint density at radius 3 is 2.72 bits per heavy atom. The van der Waals surface area contributed by atoms with E-state index in [4.69, 9.17) is 11.0 Å². The van der Waals surface area contributed by atoms with Crippen molar-refractivity contribution in [2.24, 2.45) is 0 Å². The molecule has 0 saturated heterocycles. The summed E-state index contributed by atoms with van der Waals surface area (Å²) in [7, 11) is 0. The van der Waals surface area contributed by atoms with Gasteiger partial charge < -0.3 is 10.3 Å². The number of nitrogen functional groups attached to an aromatic ring is 1. The lowest BCUT2D eigenvalue weighted by Crippen LogP contribution is -2.04. The molecule has 2 rings (SSSR count). The van der Waals surface area contributed by atoms with Gasteiger partial charge in [-0.3, -0.25) is 0 Å². The van der Waals surface area contributed by atoms with Crippen molar-refractivity contribution in [3.05, 3.63) is 35.7 Å². The Bertz CT molecular complexity index is 605. The SMILES string of the molecule is CCc1nc(-c2cccc(C#N)c2)c(N)n1CC. The summed E-state index contributed by atoms with van der Waals surface area (Å²) in [4.78, 5) is 4.57. The number of rotatable bonds is 3. The van der Waals surface area contributed by atoms with E-state index in [1.54, 1.807) is 6.07 Å². The summed E-state index contributed by atoms with van der Waals surface area (Å²) in [6.45, 7) is 4.91. The highest BCUT2D eigenvalue weighted by atomic mass is 15.1. The quantitative estimate of drug-likeness (QED) is 0.896. The third-order valence-electron chi connectivity index (χ3n) is 2.98. The van der Waals surface area contributed by atoms with Crippen molar-refractivity contribution in [2.75, 3.05) is 5.73 Å². The molecule has 1 aromatic carbocycles. The minimum atomic E-state index is 0.621. The second kappa shape index (κ2) is 4.92. The van der Waals surface area contributed by atoms with E-state index in [2.05, 4.69) is 18.0 Å². The molecular weight excluding hydrogens is 224 g/mol. The Kier molecular flexibility index (Phi) is 3.33. The highest BCUT2D eigenvalue weighted by molar-refractivity contribution is 5.72. The van der Waals surface area contributed by atoms with E-state index in [0.717, 1.165) is 30.0 Å². The Hall–Kier alpha value is -2.28.